The monoisotopic (exact) mass is 339 g/mol. The number of benzene rings is 2. The summed E-state index contributed by atoms with van der Waals surface area (Å²) in [6.07, 6.45) is 1.71. The number of fused-ring (bicyclic) bond motifs is 1. The predicted octanol–water partition coefficient (Wildman–Crippen LogP) is 4.71. The Bertz CT molecular complexity index is 705. The molecule has 1 N–H and O–H groups in total. The molecule has 0 bridgehead atoms. The normalized spacial score (nSPS) is 17.0. The first kappa shape index (κ1) is 15.6. The summed E-state index contributed by atoms with van der Waals surface area (Å²) in [6.45, 7) is 0.750. The van der Waals surface area contributed by atoms with Crippen LogP contribution in [0.2, 0.25) is 10.0 Å². The van der Waals surface area contributed by atoms with Gasteiger partial charge in [0, 0.05) is 27.7 Å². The highest BCUT2D eigenvalue weighted by molar-refractivity contribution is 6.35. The van der Waals surface area contributed by atoms with E-state index in [9.17, 15) is 4.39 Å². The van der Waals surface area contributed by atoms with Gasteiger partial charge in [-0.3, -0.25) is 0 Å². The fraction of sp³-hybridized carbons (Fsp3) is 0.294. The summed E-state index contributed by atoms with van der Waals surface area (Å²) in [7, 11) is 1.89. The molecule has 22 heavy (non-hydrogen) atoms. The van der Waals surface area contributed by atoms with Crippen LogP contribution in [0, 0.1) is 5.82 Å². The van der Waals surface area contributed by atoms with Gasteiger partial charge in [-0.25, -0.2) is 4.39 Å². The number of hydrogen-bond donors (Lipinski definition) is 1. The number of hydrogen-bond acceptors (Lipinski definition) is 2. The fourth-order valence-corrected chi connectivity index (χ4v) is 3.18. The Morgan fingerprint density at radius 1 is 1.23 bits per heavy atom. The van der Waals surface area contributed by atoms with E-state index in [4.69, 9.17) is 27.9 Å². The minimum atomic E-state index is -0.291. The maximum atomic E-state index is 14.0. The zero-order chi connectivity index (χ0) is 15.7. The number of halogens is 3. The molecule has 116 valence electrons. The summed E-state index contributed by atoms with van der Waals surface area (Å²) < 4.78 is 20.1. The highest BCUT2D eigenvalue weighted by atomic mass is 35.5. The quantitative estimate of drug-likeness (QED) is 0.874. The smallest absolute Gasteiger partial charge is 0.131 e. The average molecular weight is 340 g/mol. The average Bonchev–Trinajstić information content (AvgIpc) is 2.49. The first-order valence-electron chi connectivity index (χ1n) is 7.17. The maximum absolute atomic E-state index is 14.0. The van der Waals surface area contributed by atoms with Crippen molar-refractivity contribution in [3.05, 3.63) is 51.8 Å². The lowest BCUT2D eigenvalue weighted by atomic mass is 9.95. The van der Waals surface area contributed by atoms with Crippen molar-refractivity contribution in [3.63, 3.8) is 0 Å². The molecule has 2 aromatic rings. The summed E-state index contributed by atoms with van der Waals surface area (Å²) in [4.78, 5) is 0. The third kappa shape index (κ3) is 3.07. The molecule has 0 amide bonds. The highest BCUT2D eigenvalue weighted by Crippen LogP contribution is 2.41. The van der Waals surface area contributed by atoms with E-state index in [-0.39, 0.29) is 11.9 Å². The van der Waals surface area contributed by atoms with Crippen LogP contribution >= 0.6 is 23.2 Å². The van der Waals surface area contributed by atoms with Crippen LogP contribution < -0.4 is 10.1 Å². The Balaban J connectivity index is 2.12. The van der Waals surface area contributed by atoms with Crippen LogP contribution in [0.1, 0.15) is 12.0 Å². The minimum absolute atomic E-state index is 0.0691. The van der Waals surface area contributed by atoms with Gasteiger partial charge in [0.25, 0.3) is 0 Å². The second-order valence-electron chi connectivity index (χ2n) is 5.40. The van der Waals surface area contributed by atoms with Crippen molar-refractivity contribution in [2.45, 2.75) is 18.9 Å². The Morgan fingerprint density at radius 2 is 2.05 bits per heavy atom. The van der Waals surface area contributed by atoms with Crippen LogP contribution in [0.4, 0.5) is 4.39 Å². The lowest BCUT2D eigenvalue weighted by molar-refractivity contribution is 0.174. The molecular formula is C17H16Cl2FNO. The molecule has 0 unspecified atom stereocenters. The Kier molecular flexibility index (Phi) is 4.57. The van der Waals surface area contributed by atoms with Crippen LogP contribution in [0.15, 0.2) is 30.3 Å². The Hall–Kier alpha value is -1.29. The number of nitrogens with one attached hydrogen (secondary N) is 1. The molecule has 1 aliphatic heterocycles. The molecule has 0 spiro atoms. The van der Waals surface area contributed by atoms with Crippen molar-refractivity contribution in [2.24, 2.45) is 0 Å². The van der Waals surface area contributed by atoms with Gasteiger partial charge in [0.2, 0.25) is 0 Å². The summed E-state index contributed by atoms with van der Waals surface area (Å²) in [5.74, 6) is 0.414. The molecule has 0 aliphatic carbocycles. The molecule has 5 heteroatoms. The van der Waals surface area contributed by atoms with Crippen LogP contribution in [-0.4, -0.2) is 19.7 Å². The van der Waals surface area contributed by atoms with E-state index < -0.39 is 0 Å². The lowest BCUT2D eigenvalue weighted by Crippen LogP contribution is -2.32. The summed E-state index contributed by atoms with van der Waals surface area (Å²) in [5, 5.41) is 4.19. The van der Waals surface area contributed by atoms with Gasteiger partial charge in [-0.05, 0) is 55.8 Å². The van der Waals surface area contributed by atoms with Crippen LogP contribution in [0.3, 0.4) is 0 Å². The summed E-state index contributed by atoms with van der Waals surface area (Å²) in [5.41, 5.74) is 2.22. The molecule has 2 nitrogen and oxygen atoms in total. The van der Waals surface area contributed by atoms with E-state index in [0.717, 1.165) is 24.9 Å². The second kappa shape index (κ2) is 6.45. The maximum Gasteiger partial charge on any atom is 0.131 e. The molecule has 0 saturated heterocycles. The van der Waals surface area contributed by atoms with Gasteiger partial charge in [0.15, 0.2) is 0 Å². The summed E-state index contributed by atoms with van der Waals surface area (Å²) >= 11 is 12.3. The van der Waals surface area contributed by atoms with Crippen molar-refractivity contribution < 1.29 is 9.13 Å². The van der Waals surface area contributed by atoms with E-state index >= 15 is 0 Å². The van der Waals surface area contributed by atoms with Crippen molar-refractivity contribution >= 4 is 23.2 Å². The molecule has 2 aromatic carbocycles. The van der Waals surface area contributed by atoms with Gasteiger partial charge >= 0.3 is 0 Å². The highest BCUT2D eigenvalue weighted by Gasteiger charge is 2.24. The number of aryl methyl sites for hydroxylation is 1. The summed E-state index contributed by atoms with van der Waals surface area (Å²) in [6, 6.07) is 8.16. The van der Waals surface area contributed by atoms with Gasteiger partial charge in [-0.1, -0.05) is 23.2 Å². The zero-order valence-corrected chi connectivity index (χ0v) is 13.6. The molecule has 1 heterocycles. The number of likely N-dealkylation sites (N-methyl/N-ethyl adjacent to an activating group) is 1. The van der Waals surface area contributed by atoms with E-state index in [1.165, 1.54) is 12.1 Å². The Labute approximate surface area is 139 Å². The molecule has 0 saturated carbocycles. The molecule has 0 aromatic heterocycles. The lowest BCUT2D eigenvalue weighted by Gasteiger charge is -2.28. The van der Waals surface area contributed by atoms with E-state index in [2.05, 4.69) is 5.32 Å². The van der Waals surface area contributed by atoms with Gasteiger partial charge in [0.1, 0.15) is 17.7 Å². The van der Waals surface area contributed by atoms with Crippen LogP contribution in [0.5, 0.6) is 5.75 Å². The Morgan fingerprint density at radius 3 is 2.82 bits per heavy atom. The third-order valence-electron chi connectivity index (χ3n) is 3.80. The minimum Gasteiger partial charge on any atom is -0.488 e. The topological polar surface area (TPSA) is 21.3 Å². The van der Waals surface area contributed by atoms with Crippen molar-refractivity contribution in [2.75, 3.05) is 13.6 Å². The van der Waals surface area contributed by atoms with Gasteiger partial charge in [0.05, 0.1) is 0 Å². The van der Waals surface area contributed by atoms with Gasteiger partial charge < -0.3 is 10.1 Å². The molecule has 1 atom stereocenters. The predicted molar refractivity (Wildman–Crippen MR) is 88.5 cm³/mol. The second-order valence-corrected chi connectivity index (χ2v) is 6.25. The van der Waals surface area contributed by atoms with E-state index in [0.29, 0.717) is 26.9 Å². The zero-order valence-electron chi connectivity index (χ0n) is 12.1. The van der Waals surface area contributed by atoms with Crippen LogP contribution in [-0.2, 0) is 6.42 Å². The standard InChI is InChI=1S/C17H16Cl2FNO/c1-21-9-13-4-2-10-6-12(20)8-15(17(10)22-13)14-7-11(18)3-5-16(14)19/h3,5-8,13,21H,2,4,9H2,1H3/t13-/m1/s1. The largest absolute Gasteiger partial charge is 0.488 e. The third-order valence-corrected chi connectivity index (χ3v) is 4.37. The molecule has 0 fully saturated rings. The van der Waals surface area contributed by atoms with Crippen molar-refractivity contribution in [1.82, 2.24) is 5.32 Å². The van der Waals surface area contributed by atoms with Gasteiger partial charge in [-0.15, -0.1) is 0 Å². The number of rotatable bonds is 3. The molecule has 1 aliphatic rings. The van der Waals surface area contributed by atoms with Crippen molar-refractivity contribution in [1.29, 1.82) is 0 Å². The fourth-order valence-electron chi connectivity index (χ4n) is 2.79. The van der Waals surface area contributed by atoms with E-state index in [1.54, 1.807) is 18.2 Å². The number of ether oxygens (including phenoxy) is 1. The van der Waals surface area contributed by atoms with E-state index in [1.807, 2.05) is 7.05 Å². The first-order chi connectivity index (χ1) is 10.6. The molecular weight excluding hydrogens is 324 g/mol. The van der Waals surface area contributed by atoms with Gasteiger partial charge in [-0.2, -0.15) is 0 Å². The SMILES string of the molecule is CNC[C@H]1CCc2cc(F)cc(-c3cc(Cl)ccc3Cl)c2O1. The van der Waals surface area contributed by atoms with Crippen LogP contribution in [0.25, 0.3) is 11.1 Å². The molecule has 3 rings (SSSR count). The first-order valence-corrected chi connectivity index (χ1v) is 7.93. The van der Waals surface area contributed by atoms with Crippen molar-refractivity contribution in [3.8, 4) is 16.9 Å². The molecule has 0 radical (unpaired) electrons.